The highest BCUT2D eigenvalue weighted by Gasteiger charge is 2.08. The van der Waals surface area contributed by atoms with Crippen LogP contribution in [0.2, 0.25) is 0 Å². The molecule has 0 saturated carbocycles. The van der Waals surface area contributed by atoms with Crippen LogP contribution in [0.4, 0.5) is 4.39 Å². The number of benzene rings is 1. The van der Waals surface area contributed by atoms with Crippen molar-refractivity contribution in [2.45, 2.75) is 6.54 Å². The molecule has 0 aliphatic heterocycles. The molecule has 0 atom stereocenters. The zero-order chi connectivity index (χ0) is 15.4. The summed E-state index contributed by atoms with van der Waals surface area (Å²) < 4.78 is 12.8. The van der Waals surface area contributed by atoms with Crippen LogP contribution in [0.1, 0.15) is 16.1 Å². The van der Waals surface area contributed by atoms with Gasteiger partial charge in [0, 0.05) is 17.1 Å². The number of hydrogen-bond donors (Lipinski definition) is 1. The minimum atomic E-state index is -0.365. The third-order valence-corrected chi connectivity index (χ3v) is 3.89. The fourth-order valence-electron chi connectivity index (χ4n) is 1.87. The van der Waals surface area contributed by atoms with Gasteiger partial charge in [0.2, 0.25) is 0 Å². The van der Waals surface area contributed by atoms with Gasteiger partial charge < -0.3 is 5.32 Å². The molecular formula is C16H12FN3OS. The average Bonchev–Trinajstić information content (AvgIpc) is 3.03. The van der Waals surface area contributed by atoms with E-state index in [1.807, 2.05) is 23.6 Å². The fraction of sp³-hybridized carbons (Fsp3) is 0.0625. The minimum absolute atomic E-state index is 0.257. The van der Waals surface area contributed by atoms with E-state index in [9.17, 15) is 9.18 Å². The Morgan fingerprint density at radius 1 is 1.18 bits per heavy atom. The smallest absolute Gasteiger partial charge is 0.251 e. The van der Waals surface area contributed by atoms with Gasteiger partial charge in [0.05, 0.1) is 17.9 Å². The number of amides is 1. The van der Waals surface area contributed by atoms with Crippen molar-refractivity contribution in [3.63, 3.8) is 0 Å². The summed E-state index contributed by atoms with van der Waals surface area (Å²) in [7, 11) is 0. The Hall–Kier alpha value is -2.60. The lowest BCUT2D eigenvalue weighted by molar-refractivity contribution is 0.0950. The summed E-state index contributed by atoms with van der Waals surface area (Å²) in [4.78, 5) is 20.6. The van der Waals surface area contributed by atoms with Crippen molar-refractivity contribution in [2.75, 3.05) is 0 Å². The van der Waals surface area contributed by atoms with Gasteiger partial charge in [0.1, 0.15) is 10.8 Å². The summed E-state index contributed by atoms with van der Waals surface area (Å²) in [6.45, 7) is 0.319. The topological polar surface area (TPSA) is 54.9 Å². The number of halogens is 1. The largest absolute Gasteiger partial charge is 0.346 e. The zero-order valence-corrected chi connectivity index (χ0v) is 12.3. The maximum absolute atomic E-state index is 12.8. The predicted octanol–water partition coefficient (Wildman–Crippen LogP) is 3.27. The van der Waals surface area contributed by atoms with Gasteiger partial charge in [-0.25, -0.2) is 9.37 Å². The summed E-state index contributed by atoms with van der Waals surface area (Å²) >= 11 is 1.48. The van der Waals surface area contributed by atoms with Crippen LogP contribution in [0.3, 0.4) is 0 Å². The van der Waals surface area contributed by atoms with Crippen LogP contribution in [0, 0.1) is 5.82 Å². The number of carbonyl (C=O) groups is 1. The zero-order valence-electron chi connectivity index (χ0n) is 11.5. The molecule has 6 heteroatoms. The molecule has 0 bridgehead atoms. The maximum Gasteiger partial charge on any atom is 0.251 e. The van der Waals surface area contributed by atoms with E-state index >= 15 is 0 Å². The van der Waals surface area contributed by atoms with E-state index in [0.29, 0.717) is 12.1 Å². The van der Waals surface area contributed by atoms with E-state index in [4.69, 9.17) is 0 Å². The third-order valence-electron chi connectivity index (χ3n) is 2.97. The molecular weight excluding hydrogens is 301 g/mol. The first kappa shape index (κ1) is 14.3. The first-order valence-electron chi connectivity index (χ1n) is 6.62. The van der Waals surface area contributed by atoms with Crippen LogP contribution in [-0.2, 0) is 6.54 Å². The highest BCUT2D eigenvalue weighted by atomic mass is 32.1. The molecule has 1 aromatic carbocycles. The average molecular weight is 313 g/mol. The van der Waals surface area contributed by atoms with Crippen molar-refractivity contribution < 1.29 is 9.18 Å². The molecule has 0 spiro atoms. The van der Waals surface area contributed by atoms with Gasteiger partial charge in [-0.05, 0) is 36.4 Å². The molecule has 4 nitrogen and oxygen atoms in total. The second-order valence-electron chi connectivity index (χ2n) is 4.55. The molecule has 3 rings (SSSR count). The Labute approximate surface area is 130 Å². The van der Waals surface area contributed by atoms with Gasteiger partial charge in [-0.2, -0.15) is 0 Å². The molecule has 3 aromatic rings. The van der Waals surface area contributed by atoms with E-state index in [1.54, 1.807) is 6.20 Å². The number of hydrogen-bond acceptors (Lipinski definition) is 4. The molecule has 1 amide bonds. The minimum Gasteiger partial charge on any atom is -0.346 e. The quantitative estimate of drug-likeness (QED) is 0.804. The Morgan fingerprint density at radius 2 is 2.00 bits per heavy atom. The number of carbonyl (C=O) groups excluding carboxylic acids is 1. The summed E-state index contributed by atoms with van der Waals surface area (Å²) in [5.74, 6) is -0.622. The fourth-order valence-corrected chi connectivity index (χ4v) is 2.66. The lowest BCUT2D eigenvalue weighted by atomic mass is 10.2. The Kier molecular flexibility index (Phi) is 4.20. The Bertz CT molecular complexity index is 772. The van der Waals surface area contributed by atoms with Crippen molar-refractivity contribution in [1.82, 2.24) is 15.3 Å². The summed E-state index contributed by atoms with van der Waals surface area (Å²) in [5, 5.41) is 5.46. The van der Waals surface area contributed by atoms with Crippen LogP contribution in [0.15, 0.2) is 54.0 Å². The number of nitrogens with one attached hydrogen (secondary N) is 1. The monoisotopic (exact) mass is 313 g/mol. The molecule has 2 aromatic heterocycles. The Balaban J connectivity index is 1.64. The second kappa shape index (κ2) is 6.44. The van der Waals surface area contributed by atoms with Crippen LogP contribution >= 0.6 is 11.3 Å². The van der Waals surface area contributed by atoms with Crippen molar-refractivity contribution in [3.8, 4) is 10.7 Å². The van der Waals surface area contributed by atoms with E-state index in [0.717, 1.165) is 16.4 Å². The normalized spacial score (nSPS) is 10.4. The van der Waals surface area contributed by atoms with Crippen LogP contribution < -0.4 is 5.32 Å². The lowest BCUT2D eigenvalue weighted by Crippen LogP contribution is -2.22. The standard InChI is InChI=1S/C16H12FN3OS/c17-12-6-4-11(5-7-12)15(21)19-9-13-10-22-16(20-13)14-3-1-2-8-18-14/h1-8,10H,9H2,(H,19,21). The first-order chi connectivity index (χ1) is 10.7. The molecule has 22 heavy (non-hydrogen) atoms. The van der Waals surface area contributed by atoms with Crippen molar-refractivity contribution in [1.29, 1.82) is 0 Å². The molecule has 1 N–H and O–H groups in total. The van der Waals surface area contributed by atoms with Gasteiger partial charge in [0.15, 0.2) is 0 Å². The molecule has 0 unspecified atom stereocenters. The van der Waals surface area contributed by atoms with Gasteiger partial charge in [-0.15, -0.1) is 11.3 Å². The number of nitrogens with zero attached hydrogens (tertiary/aromatic N) is 2. The number of pyridine rings is 1. The molecule has 110 valence electrons. The summed E-state index contributed by atoms with van der Waals surface area (Å²) in [6, 6.07) is 11.1. The van der Waals surface area contributed by atoms with Crippen molar-refractivity contribution in [3.05, 3.63) is 71.1 Å². The van der Waals surface area contributed by atoms with Crippen LogP contribution in [0.25, 0.3) is 10.7 Å². The van der Waals surface area contributed by atoms with Gasteiger partial charge >= 0.3 is 0 Å². The second-order valence-corrected chi connectivity index (χ2v) is 5.41. The highest BCUT2D eigenvalue weighted by Crippen LogP contribution is 2.21. The van der Waals surface area contributed by atoms with Gasteiger partial charge in [-0.3, -0.25) is 9.78 Å². The van der Waals surface area contributed by atoms with Gasteiger partial charge in [0.25, 0.3) is 5.91 Å². The number of aromatic nitrogens is 2. The summed E-state index contributed by atoms with van der Waals surface area (Å²) in [6.07, 6.45) is 1.71. The first-order valence-corrected chi connectivity index (χ1v) is 7.50. The SMILES string of the molecule is O=C(NCc1csc(-c2ccccn2)n1)c1ccc(F)cc1. The maximum atomic E-state index is 12.8. The van der Waals surface area contributed by atoms with Crippen LogP contribution in [0.5, 0.6) is 0 Å². The molecule has 0 fully saturated rings. The molecule has 2 heterocycles. The third kappa shape index (κ3) is 3.35. The molecule has 0 saturated heterocycles. The number of thiazole rings is 1. The molecule has 0 aliphatic carbocycles. The number of rotatable bonds is 4. The van der Waals surface area contributed by atoms with Crippen molar-refractivity contribution in [2.24, 2.45) is 0 Å². The highest BCUT2D eigenvalue weighted by molar-refractivity contribution is 7.13. The van der Waals surface area contributed by atoms with Crippen LogP contribution in [-0.4, -0.2) is 15.9 Å². The Morgan fingerprint density at radius 3 is 2.73 bits per heavy atom. The van der Waals surface area contributed by atoms with Gasteiger partial charge in [-0.1, -0.05) is 6.07 Å². The van der Waals surface area contributed by atoms with E-state index in [2.05, 4.69) is 15.3 Å². The van der Waals surface area contributed by atoms with Crippen molar-refractivity contribution >= 4 is 17.2 Å². The molecule has 0 aliphatic rings. The lowest BCUT2D eigenvalue weighted by Gasteiger charge is -2.03. The predicted molar refractivity (Wildman–Crippen MR) is 82.9 cm³/mol. The molecule has 0 radical (unpaired) electrons. The van der Waals surface area contributed by atoms with E-state index in [-0.39, 0.29) is 11.7 Å². The van der Waals surface area contributed by atoms with E-state index < -0.39 is 0 Å². The summed E-state index contributed by atoms with van der Waals surface area (Å²) in [5.41, 5.74) is 1.99. The van der Waals surface area contributed by atoms with E-state index in [1.165, 1.54) is 35.6 Å².